The van der Waals surface area contributed by atoms with E-state index in [1.165, 1.54) is 7.11 Å². The fourth-order valence-corrected chi connectivity index (χ4v) is 3.74. The molecule has 0 aliphatic carbocycles. The molecule has 3 aromatic rings. The van der Waals surface area contributed by atoms with Gasteiger partial charge >= 0.3 is 12.1 Å². The summed E-state index contributed by atoms with van der Waals surface area (Å²) in [6.45, 7) is 0.585. The number of carbonyl (C=O) groups excluding carboxylic acids is 2. The number of esters is 1. The van der Waals surface area contributed by atoms with Crippen LogP contribution in [0, 0.1) is 3.57 Å². The van der Waals surface area contributed by atoms with Gasteiger partial charge in [0.15, 0.2) is 0 Å². The summed E-state index contributed by atoms with van der Waals surface area (Å²) in [6.07, 6.45) is -0.413. The van der Waals surface area contributed by atoms with Crippen molar-refractivity contribution in [3.05, 3.63) is 99.1 Å². The molecule has 0 radical (unpaired) electrons. The van der Waals surface area contributed by atoms with Crippen LogP contribution in [0.15, 0.2) is 78.9 Å². The first kappa shape index (κ1) is 23.6. The molecule has 0 fully saturated rings. The van der Waals surface area contributed by atoms with E-state index in [2.05, 4.69) is 27.9 Å². The lowest BCUT2D eigenvalue weighted by Crippen LogP contribution is -2.43. The Kier molecular flexibility index (Phi) is 8.91. The fraction of sp³-hybridized carbons (Fsp3) is 0.200. The molecule has 0 heterocycles. The van der Waals surface area contributed by atoms with Crippen LogP contribution in [0.3, 0.4) is 0 Å². The summed E-state index contributed by atoms with van der Waals surface area (Å²) in [4.78, 5) is 24.4. The number of carbonyl (C=O) groups is 2. The normalized spacial score (nSPS) is 11.3. The van der Waals surface area contributed by atoms with Gasteiger partial charge in [-0.25, -0.2) is 9.59 Å². The van der Waals surface area contributed by atoms with Crippen molar-refractivity contribution in [3.63, 3.8) is 0 Å². The van der Waals surface area contributed by atoms with Crippen molar-refractivity contribution in [2.24, 2.45) is 0 Å². The highest BCUT2D eigenvalue weighted by Gasteiger charge is 2.23. The minimum absolute atomic E-state index is 0.117. The Morgan fingerprint density at radius 3 is 2.09 bits per heavy atom. The quantitative estimate of drug-likeness (QED) is 0.307. The largest absolute Gasteiger partial charge is 0.488 e. The number of amides is 1. The first-order valence-corrected chi connectivity index (χ1v) is 11.1. The molecule has 0 bridgehead atoms. The zero-order valence-corrected chi connectivity index (χ0v) is 19.8. The summed E-state index contributed by atoms with van der Waals surface area (Å²) in [5.41, 5.74) is 2.80. The molecule has 0 unspecified atom stereocenters. The van der Waals surface area contributed by atoms with E-state index in [0.29, 0.717) is 6.61 Å². The second-order valence-electron chi connectivity index (χ2n) is 7.02. The van der Waals surface area contributed by atoms with Crippen molar-refractivity contribution in [1.29, 1.82) is 0 Å². The molecule has 0 aliphatic heterocycles. The van der Waals surface area contributed by atoms with Gasteiger partial charge in [-0.15, -0.1) is 0 Å². The maximum atomic E-state index is 12.2. The average Bonchev–Trinajstić information content (AvgIpc) is 2.82. The van der Waals surface area contributed by atoms with Crippen molar-refractivity contribution in [3.8, 4) is 5.75 Å². The summed E-state index contributed by atoms with van der Waals surface area (Å²) < 4.78 is 16.9. The highest BCUT2D eigenvalue weighted by Crippen LogP contribution is 2.24. The molecule has 3 rings (SSSR count). The van der Waals surface area contributed by atoms with Crippen LogP contribution < -0.4 is 10.1 Å². The van der Waals surface area contributed by atoms with Crippen molar-refractivity contribution < 1.29 is 23.8 Å². The third kappa shape index (κ3) is 7.26. The van der Waals surface area contributed by atoms with Crippen molar-refractivity contribution in [1.82, 2.24) is 5.32 Å². The van der Waals surface area contributed by atoms with Crippen LogP contribution in [-0.2, 0) is 33.9 Å². The second kappa shape index (κ2) is 12.1. The Labute approximate surface area is 201 Å². The lowest BCUT2D eigenvalue weighted by molar-refractivity contribution is -0.143. The number of hydrogen-bond acceptors (Lipinski definition) is 5. The standard InChI is InChI=1S/C25H24INO5/c1-30-24(28)22(27-25(29)32-17-19-10-6-3-7-11-19)15-20-12-13-23(21(26)14-20)31-16-18-8-4-2-5-9-18/h2-14,22H,15-17H2,1H3,(H,27,29)/t22-/m0/s1. The molecule has 3 aromatic carbocycles. The topological polar surface area (TPSA) is 73.9 Å². The summed E-state index contributed by atoms with van der Waals surface area (Å²) in [7, 11) is 1.29. The minimum Gasteiger partial charge on any atom is -0.488 e. The number of halogens is 1. The van der Waals surface area contributed by atoms with E-state index < -0.39 is 18.1 Å². The maximum Gasteiger partial charge on any atom is 0.408 e. The van der Waals surface area contributed by atoms with Gasteiger partial charge in [-0.2, -0.15) is 0 Å². The zero-order chi connectivity index (χ0) is 22.8. The maximum absolute atomic E-state index is 12.2. The first-order valence-electron chi connectivity index (χ1n) is 10.1. The molecule has 1 N–H and O–H groups in total. The lowest BCUT2D eigenvalue weighted by atomic mass is 10.1. The third-order valence-electron chi connectivity index (χ3n) is 4.66. The van der Waals surface area contributed by atoms with E-state index >= 15 is 0 Å². The molecular formula is C25H24INO5. The van der Waals surface area contributed by atoms with Gasteiger partial charge in [-0.3, -0.25) is 0 Å². The van der Waals surface area contributed by atoms with E-state index in [9.17, 15) is 9.59 Å². The van der Waals surface area contributed by atoms with Crippen molar-refractivity contribution in [2.75, 3.05) is 7.11 Å². The van der Waals surface area contributed by atoms with Crippen molar-refractivity contribution in [2.45, 2.75) is 25.7 Å². The van der Waals surface area contributed by atoms with Crippen LogP contribution in [-0.4, -0.2) is 25.2 Å². The lowest BCUT2D eigenvalue weighted by Gasteiger charge is -2.17. The number of alkyl carbamates (subject to hydrolysis) is 1. The molecule has 7 heteroatoms. The molecule has 0 aliphatic rings. The Hall–Kier alpha value is -3.07. The number of methoxy groups -OCH3 is 1. The number of ether oxygens (including phenoxy) is 3. The minimum atomic E-state index is -0.866. The van der Waals surface area contributed by atoms with Crippen LogP contribution in [0.2, 0.25) is 0 Å². The van der Waals surface area contributed by atoms with E-state index in [1.54, 1.807) is 0 Å². The van der Waals surface area contributed by atoms with Crippen molar-refractivity contribution >= 4 is 34.7 Å². The van der Waals surface area contributed by atoms with Crippen LogP contribution in [0.25, 0.3) is 0 Å². The highest BCUT2D eigenvalue weighted by atomic mass is 127. The highest BCUT2D eigenvalue weighted by molar-refractivity contribution is 14.1. The third-order valence-corrected chi connectivity index (χ3v) is 5.51. The van der Waals surface area contributed by atoms with Gasteiger partial charge in [0, 0.05) is 6.42 Å². The van der Waals surface area contributed by atoms with Gasteiger partial charge in [0.05, 0.1) is 10.7 Å². The Balaban J connectivity index is 1.59. The predicted molar refractivity (Wildman–Crippen MR) is 129 cm³/mol. The fourth-order valence-electron chi connectivity index (χ4n) is 3.00. The number of hydrogen-bond donors (Lipinski definition) is 1. The molecule has 1 amide bonds. The zero-order valence-electron chi connectivity index (χ0n) is 17.6. The first-order chi connectivity index (χ1) is 15.5. The molecule has 6 nitrogen and oxygen atoms in total. The number of rotatable bonds is 9. The van der Waals surface area contributed by atoms with Gasteiger partial charge in [0.1, 0.15) is 25.0 Å². The van der Waals surface area contributed by atoms with E-state index in [0.717, 1.165) is 26.0 Å². The molecular weight excluding hydrogens is 521 g/mol. The molecule has 166 valence electrons. The van der Waals surface area contributed by atoms with Gasteiger partial charge in [-0.1, -0.05) is 66.7 Å². The van der Waals surface area contributed by atoms with Crippen LogP contribution in [0.1, 0.15) is 16.7 Å². The van der Waals surface area contributed by atoms with Gasteiger partial charge in [0.2, 0.25) is 0 Å². The summed E-state index contributed by atoms with van der Waals surface area (Å²) in [5, 5.41) is 2.60. The summed E-state index contributed by atoms with van der Waals surface area (Å²) in [5.74, 6) is 0.212. The monoisotopic (exact) mass is 545 g/mol. The second-order valence-corrected chi connectivity index (χ2v) is 8.19. The van der Waals surface area contributed by atoms with Gasteiger partial charge in [0.25, 0.3) is 0 Å². The molecule has 0 saturated heterocycles. The van der Waals surface area contributed by atoms with Crippen LogP contribution in [0.4, 0.5) is 4.79 Å². The number of nitrogens with one attached hydrogen (secondary N) is 1. The molecule has 32 heavy (non-hydrogen) atoms. The van der Waals surface area contributed by atoms with E-state index in [4.69, 9.17) is 14.2 Å². The Morgan fingerprint density at radius 2 is 1.50 bits per heavy atom. The summed E-state index contributed by atoms with van der Waals surface area (Å²) in [6, 6.07) is 24.0. The number of benzene rings is 3. The molecule has 0 spiro atoms. The smallest absolute Gasteiger partial charge is 0.408 e. The van der Waals surface area contributed by atoms with Gasteiger partial charge in [-0.05, 0) is 51.4 Å². The molecule has 0 saturated carbocycles. The molecule has 0 aromatic heterocycles. The van der Waals surface area contributed by atoms with Gasteiger partial charge < -0.3 is 19.5 Å². The average molecular weight is 545 g/mol. The SMILES string of the molecule is COC(=O)[C@H](Cc1ccc(OCc2ccccc2)c(I)c1)NC(=O)OCc1ccccc1. The van der Waals surface area contributed by atoms with E-state index in [-0.39, 0.29) is 13.0 Å². The van der Waals surface area contributed by atoms with E-state index in [1.807, 2.05) is 78.9 Å². The predicted octanol–water partition coefficient (Wildman–Crippen LogP) is 4.88. The van der Waals surface area contributed by atoms with Crippen LogP contribution >= 0.6 is 22.6 Å². The summed E-state index contributed by atoms with van der Waals surface area (Å²) >= 11 is 2.19. The Bertz CT molecular complexity index is 1030. The Morgan fingerprint density at radius 1 is 0.875 bits per heavy atom. The van der Waals surface area contributed by atoms with Crippen LogP contribution in [0.5, 0.6) is 5.75 Å². The molecule has 1 atom stereocenters.